The number of rotatable bonds is 44. The van der Waals surface area contributed by atoms with Crippen LogP contribution < -0.4 is 20.7 Å². The average Bonchev–Trinajstić information content (AvgIpc) is 0.734. The molecule has 0 fully saturated rings. The molecular formula is C68H132O12Si17. The summed E-state index contributed by atoms with van der Waals surface area (Å²) < 4.78 is 89.5. The molecule has 0 saturated heterocycles. The molecule has 2 unspecified atom stereocenters. The lowest BCUT2D eigenvalue weighted by Crippen LogP contribution is -2.68. The van der Waals surface area contributed by atoms with E-state index in [0.29, 0.717) is 0 Å². The molecule has 0 bridgehead atoms. The first-order chi connectivity index (χ1) is 44.0. The summed E-state index contributed by atoms with van der Waals surface area (Å²) in [4.78, 5) is 0. The summed E-state index contributed by atoms with van der Waals surface area (Å²) in [5.41, 5.74) is 7.94. The van der Waals surface area contributed by atoms with Gasteiger partial charge in [-0.1, -0.05) is 144 Å². The largest absolute Gasteiger partial charge is 0.506 e. The summed E-state index contributed by atoms with van der Waals surface area (Å²) in [5.74, 6) is 0. The number of benzene rings is 4. The summed E-state index contributed by atoms with van der Waals surface area (Å²) >= 11 is 0. The minimum absolute atomic E-state index is 0.890. The lowest BCUT2D eigenvalue weighted by atomic mass is 10.4. The van der Waals surface area contributed by atoms with Gasteiger partial charge in [0.2, 0.25) is 33.3 Å². The van der Waals surface area contributed by atoms with Crippen LogP contribution in [0.1, 0.15) is 0 Å². The predicted molar refractivity (Wildman–Crippen MR) is 459 cm³/mol. The van der Waals surface area contributed by atoms with E-state index >= 15 is 0 Å². The molecule has 0 heterocycles. The Morgan fingerprint density at radius 3 is 0.567 bits per heavy atom. The van der Waals surface area contributed by atoms with E-state index in [1.807, 2.05) is 34.9 Å². The fourth-order valence-electron chi connectivity index (χ4n) is 12.1. The Bertz CT molecular complexity index is 2910. The second-order valence-corrected chi connectivity index (χ2v) is 102. The predicted octanol–water partition coefficient (Wildman–Crippen LogP) is 18.9. The molecule has 97 heavy (non-hydrogen) atoms. The van der Waals surface area contributed by atoms with Gasteiger partial charge in [-0.15, -0.1) is 26.3 Å². The van der Waals surface area contributed by atoms with Crippen LogP contribution in [-0.2, 0) is 49.4 Å². The highest BCUT2D eigenvalue weighted by atomic mass is 28.5. The van der Waals surface area contributed by atoms with Crippen LogP contribution in [0.2, 0.25) is 232 Å². The van der Waals surface area contributed by atoms with Crippen molar-refractivity contribution in [2.75, 3.05) is 0 Å². The molecular weight excluding hydrogens is 1490 g/mol. The SMILES string of the molecule is C=C[Si](C)(C)O[Si](O[Si](C)(C)C=C)(O[Si](C)(C)CC[Si](C)(C)O[Si](C)(O[Si](C)(C)CC[Si](C)(C)O[Si](C)(C)O[Si](C)(C)CC[Si](C)(C)O[Si](C)(O[Si](C)(C)CC[Si](C)(C)O[Si](O[Si](C)(C)C=C)(O[Si](C)(C)C=C)c1ccccc1)c1ccccc1)c1ccccc1)c1ccccc1. The van der Waals surface area contributed by atoms with E-state index in [2.05, 4.69) is 319 Å². The lowest BCUT2D eigenvalue weighted by molar-refractivity contribution is 0.272. The minimum atomic E-state index is -3.48. The molecule has 0 saturated carbocycles. The maximum atomic E-state index is 7.66. The topological polar surface area (TPSA) is 111 Å². The zero-order valence-corrected chi connectivity index (χ0v) is 82.7. The van der Waals surface area contributed by atoms with Crippen LogP contribution in [0.5, 0.6) is 0 Å². The van der Waals surface area contributed by atoms with E-state index < -0.39 is 143 Å². The molecule has 0 N–H and O–H groups in total. The van der Waals surface area contributed by atoms with Crippen molar-refractivity contribution in [2.24, 2.45) is 0 Å². The van der Waals surface area contributed by atoms with Crippen LogP contribution in [0.4, 0.5) is 0 Å². The Kier molecular flexibility index (Phi) is 31.1. The molecule has 544 valence electrons. The van der Waals surface area contributed by atoms with Crippen LogP contribution >= 0.6 is 0 Å². The van der Waals surface area contributed by atoms with Gasteiger partial charge in [0.1, 0.15) is 0 Å². The zero-order valence-electron chi connectivity index (χ0n) is 65.7. The fraction of sp³-hybridized carbons (Fsp3) is 0.529. The monoisotopic (exact) mass is 1620 g/mol. The third-order valence-corrected chi connectivity index (χ3v) is 82.6. The van der Waals surface area contributed by atoms with E-state index in [9.17, 15) is 0 Å². The molecule has 0 amide bonds. The van der Waals surface area contributed by atoms with Gasteiger partial charge in [0.25, 0.3) is 0 Å². The van der Waals surface area contributed by atoms with Crippen LogP contribution in [0.25, 0.3) is 0 Å². The third-order valence-electron chi connectivity index (χ3n) is 17.5. The first-order valence-corrected chi connectivity index (χ1v) is 82.9. The van der Waals surface area contributed by atoms with Crippen molar-refractivity contribution < 1.29 is 49.4 Å². The quantitative estimate of drug-likeness (QED) is 0.0393. The summed E-state index contributed by atoms with van der Waals surface area (Å²) in [7, 11) is -44.2. The molecule has 12 nitrogen and oxygen atoms in total. The van der Waals surface area contributed by atoms with Gasteiger partial charge in [-0.3, -0.25) is 0 Å². The first kappa shape index (κ1) is 88.4. The first-order valence-electron chi connectivity index (χ1n) is 35.2. The minimum Gasteiger partial charge on any atom is -0.437 e. The van der Waals surface area contributed by atoms with Crippen molar-refractivity contribution in [2.45, 2.75) is 232 Å². The van der Waals surface area contributed by atoms with Crippen LogP contribution in [0.15, 0.2) is 170 Å². The molecule has 29 heteroatoms. The van der Waals surface area contributed by atoms with Crippen LogP contribution in [0, 0.1) is 0 Å². The second-order valence-electron chi connectivity index (χ2n) is 34.4. The highest BCUT2D eigenvalue weighted by molar-refractivity contribution is 7.01. The van der Waals surface area contributed by atoms with E-state index in [1.54, 1.807) is 0 Å². The Hall–Kier alpha value is -0.953. The molecule has 0 radical (unpaired) electrons. The number of hydrogen-bond donors (Lipinski definition) is 0. The highest BCUT2D eigenvalue weighted by Crippen LogP contribution is 2.38. The maximum Gasteiger partial charge on any atom is 0.506 e. The van der Waals surface area contributed by atoms with Crippen molar-refractivity contribution in [3.05, 3.63) is 170 Å². The van der Waals surface area contributed by atoms with E-state index in [4.69, 9.17) is 49.4 Å². The molecule has 0 aliphatic carbocycles. The summed E-state index contributed by atoms with van der Waals surface area (Å²) in [6, 6.07) is 49.8. The Morgan fingerprint density at radius 2 is 0.381 bits per heavy atom. The van der Waals surface area contributed by atoms with Gasteiger partial charge in [-0.25, -0.2) is 0 Å². The zero-order chi connectivity index (χ0) is 73.9. The lowest BCUT2D eigenvalue weighted by Gasteiger charge is -2.45. The summed E-state index contributed by atoms with van der Waals surface area (Å²) in [6.45, 7) is 81.1. The number of hydrogen-bond acceptors (Lipinski definition) is 12. The highest BCUT2D eigenvalue weighted by Gasteiger charge is 2.57. The van der Waals surface area contributed by atoms with Gasteiger partial charge in [-0.05, 0) is 242 Å². The van der Waals surface area contributed by atoms with E-state index in [-0.39, 0.29) is 0 Å². The van der Waals surface area contributed by atoms with E-state index in [1.165, 1.54) is 10.4 Å². The normalized spacial score (nSPS) is 15.5. The smallest absolute Gasteiger partial charge is 0.437 e. The summed E-state index contributed by atoms with van der Waals surface area (Å²) in [6.07, 6.45) is 0. The van der Waals surface area contributed by atoms with Gasteiger partial charge < -0.3 is 49.4 Å². The molecule has 2 atom stereocenters. The van der Waals surface area contributed by atoms with Gasteiger partial charge in [0, 0.05) is 10.4 Å². The second kappa shape index (κ2) is 34.1. The molecule has 4 aromatic carbocycles. The van der Waals surface area contributed by atoms with Crippen molar-refractivity contribution in [1.29, 1.82) is 0 Å². The Morgan fingerprint density at radius 1 is 0.216 bits per heavy atom. The molecule has 0 aliphatic heterocycles. The molecule has 0 spiro atoms. The molecule has 0 aliphatic rings. The van der Waals surface area contributed by atoms with Gasteiger partial charge in [0.05, 0.1) is 0 Å². The van der Waals surface area contributed by atoms with Crippen molar-refractivity contribution in [3.8, 4) is 0 Å². The van der Waals surface area contributed by atoms with Gasteiger partial charge in [-0.2, -0.15) is 0 Å². The molecule has 0 aromatic heterocycles. The third kappa shape index (κ3) is 29.5. The fourth-order valence-corrected chi connectivity index (χ4v) is 92.7. The van der Waals surface area contributed by atoms with Crippen molar-refractivity contribution in [3.63, 3.8) is 0 Å². The van der Waals surface area contributed by atoms with Crippen molar-refractivity contribution in [1.82, 2.24) is 0 Å². The molecule has 4 aromatic rings. The van der Waals surface area contributed by atoms with E-state index in [0.717, 1.165) is 58.7 Å². The van der Waals surface area contributed by atoms with Crippen molar-refractivity contribution >= 4 is 164 Å². The van der Waals surface area contributed by atoms with Gasteiger partial charge >= 0.3 is 43.3 Å². The maximum absolute atomic E-state index is 7.66. The average molecular weight is 1620 g/mol. The van der Waals surface area contributed by atoms with Crippen LogP contribution in [-0.4, -0.2) is 143 Å². The van der Waals surface area contributed by atoms with Gasteiger partial charge in [0.15, 0.2) is 66.5 Å². The molecule has 4 rings (SSSR count). The summed E-state index contributed by atoms with van der Waals surface area (Å²) in [5, 5.41) is 4.33. The van der Waals surface area contributed by atoms with Crippen LogP contribution in [0.3, 0.4) is 0 Å². The Balaban J connectivity index is 1.48. The Labute approximate surface area is 610 Å². The standard InChI is InChI=1S/C68H132O12Si17/c1-33-81(5,6)75-96(76-82(7,8)34-2,67-53-45-39-46-54-67)79-91(25,26)63-61-89(21,22)73-94(31,65-49-41-37-42-50-65)71-87(17,18)59-57-85(13,14)69-93(29,30)70-86(15,16)58-60-88(19,20)72-95(32,66-51-43-38-44-52-66)74-90(23,24)62-64-92(27,28)80-97(77-83(9,10)35-3,78-84(11,12)36-4)68-55-47-40-48-56-68/h33-56H,1-4,57-64H2,5-32H3.